The second-order valence-corrected chi connectivity index (χ2v) is 5.06. The molecule has 0 atom stereocenters. The Kier molecular flexibility index (Phi) is 4.39. The van der Waals surface area contributed by atoms with Crippen molar-refractivity contribution < 1.29 is 9.47 Å². The Morgan fingerprint density at radius 3 is 2.64 bits per heavy atom. The second kappa shape index (κ2) is 6.80. The van der Waals surface area contributed by atoms with E-state index in [0.717, 1.165) is 5.69 Å². The Labute approximate surface area is 144 Å². The van der Waals surface area contributed by atoms with Crippen molar-refractivity contribution in [3.8, 4) is 23.3 Å². The number of nitrogens with one attached hydrogen (secondary N) is 1. The number of benzene rings is 2. The summed E-state index contributed by atoms with van der Waals surface area (Å²) in [5.74, 6) is 1.74. The minimum Gasteiger partial charge on any atom is -0.493 e. The number of rotatable bonds is 5. The molecule has 0 spiro atoms. The fraction of sp³-hybridized carbons (Fsp3) is 0.118. The second-order valence-electron chi connectivity index (χ2n) is 5.06. The van der Waals surface area contributed by atoms with Gasteiger partial charge in [0, 0.05) is 11.8 Å². The molecule has 1 heterocycles. The Morgan fingerprint density at radius 1 is 1.12 bits per heavy atom. The van der Waals surface area contributed by atoms with Gasteiger partial charge in [-0.1, -0.05) is 6.07 Å². The fourth-order valence-electron chi connectivity index (χ4n) is 2.32. The molecule has 0 amide bonds. The van der Waals surface area contributed by atoms with E-state index in [9.17, 15) is 0 Å². The van der Waals surface area contributed by atoms with Gasteiger partial charge in [-0.3, -0.25) is 0 Å². The maximum Gasteiger partial charge on any atom is 0.248 e. The van der Waals surface area contributed by atoms with E-state index in [1.165, 1.54) is 4.68 Å². The topological polar surface area (TPSA) is 111 Å². The number of ether oxygens (including phenoxy) is 2. The van der Waals surface area contributed by atoms with Gasteiger partial charge >= 0.3 is 0 Å². The van der Waals surface area contributed by atoms with Crippen LogP contribution in [0.1, 0.15) is 5.56 Å². The van der Waals surface area contributed by atoms with Crippen molar-refractivity contribution in [1.82, 2.24) is 14.8 Å². The van der Waals surface area contributed by atoms with Crippen molar-refractivity contribution in [3.05, 3.63) is 48.0 Å². The van der Waals surface area contributed by atoms with Crippen molar-refractivity contribution in [2.75, 3.05) is 25.3 Å². The summed E-state index contributed by atoms with van der Waals surface area (Å²) in [6.45, 7) is 0. The molecule has 8 nitrogen and oxygen atoms in total. The summed E-state index contributed by atoms with van der Waals surface area (Å²) in [6, 6.07) is 14.4. The largest absolute Gasteiger partial charge is 0.493 e. The molecule has 1 aromatic heterocycles. The number of anilines is 3. The summed E-state index contributed by atoms with van der Waals surface area (Å²) in [5.41, 5.74) is 7.84. The first-order valence-electron chi connectivity index (χ1n) is 7.36. The summed E-state index contributed by atoms with van der Waals surface area (Å²) < 4.78 is 11.9. The third-order valence-corrected chi connectivity index (χ3v) is 3.49. The third-order valence-electron chi connectivity index (χ3n) is 3.49. The predicted octanol–water partition coefficient (Wildman–Crippen LogP) is 2.48. The zero-order valence-electron chi connectivity index (χ0n) is 13.7. The van der Waals surface area contributed by atoms with Crippen LogP contribution < -0.4 is 20.5 Å². The van der Waals surface area contributed by atoms with E-state index in [1.807, 2.05) is 6.07 Å². The number of nitrogens with zero attached hydrogens (tertiary/aromatic N) is 4. The quantitative estimate of drug-likeness (QED) is 0.736. The average molecular weight is 336 g/mol. The van der Waals surface area contributed by atoms with Gasteiger partial charge in [-0.2, -0.15) is 14.9 Å². The number of nitrogens with two attached hydrogens (primary N) is 1. The van der Waals surface area contributed by atoms with Crippen molar-refractivity contribution in [2.24, 2.45) is 0 Å². The van der Waals surface area contributed by atoms with Crippen LogP contribution in [-0.4, -0.2) is 29.0 Å². The third kappa shape index (κ3) is 3.30. The maximum absolute atomic E-state index is 9.01. The number of nitrogen functional groups attached to an aromatic ring is 1. The monoisotopic (exact) mass is 336 g/mol. The Bertz CT molecular complexity index is 945. The first-order chi connectivity index (χ1) is 12.1. The van der Waals surface area contributed by atoms with Gasteiger partial charge in [-0.05, 0) is 30.3 Å². The van der Waals surface area contributed by atoms with Crippen LogP contribution in [0.5, 0.6) is 11.5 Å². The maximum atomic E-state index is 9.01. The Hall–Kier alpha value is -3.73. The van der Waals surface area contributed by atoms with E-state index in [4.69, 9.17) is 20.5 Å². The van der Waals surface area contributed by atoms with Crippen LogP contribution >= 0.6 is 0 Å². The smallest absolute Gasteiger partial charge is 0.248 e. The predicted molar refractivity (Wildman–Crippen MR) is 93.3 cm³/mol. The minimum atomic E-state index is 0.207. The first-order valence-corrected chi connectivity index (χ1v) is 7.36. The van der Waals surface area contributed by atoms with E-state index < -0.39 is 0 Å². The van der Waals surface area contributed by atoms with Crippen LogP contribution in [0.2, 0.25) is 0 Å². The Balaban J connectivity index is 1.89. The van der Waals surface area contributed by atoms with E-state index in [0.29, 0.717) is 28.7 Å². The van der Waals surface area contributed by atoms with Crippen molar-refractivity contribution in [3.63, 3.8) is 0 Å². The molecule has 0 saturated heterocycles. The highest BCUT2D eigenvalue weighted by atomic mass is 16.5. The van der Waals surface area contributed by atoms with Crippen LogP contribution in [0.25, 0.3) is 5.69 Å². The molecule has 0 saturated carbocycles. The van der Waals surface area contributed by atoms with Gasteiger partial charge in [-0.15, -0.1) is 5.10 Å². The lowest BCUT2D eigenvalue weighted by Crippen LogP contribution is -2.02. The van der Waals surface area contributed by atoms with E-state index >= 15 is 0 Å². The molecule has 0 radical (unpaired) electrons. The zero-order valence-corrected chi connectivity index (χ0v) is 13.7. The molecule has 3 aromatic rings. The molecule has 2 aromatic carbocycles. The van der Waals surface area contributed by atoms with Gasteiger partial charge in [0.25, 0.3) is 0 Å². The summed E-state index contributed by atoms with van der Waals surface area (Å²) in [7, 11) is 3.14. The number of hydrogen-bond donors (Lipinski definition) is 2. The van der Waals surface area contributed by atoms with Crippen molar-refractivity contribution in [1.29, 1.82) is 5.26 Å². The molecule has 0 aliphatic carbocycles. The molecule has 3 rings (SSSR count). The lowest BCUT2D eigenvalue weighted by atomic mass is 10.2. The molecule has 0 bridgehead atoms. The molecule has 0 fully saturated rings. The number of methoxy groups -OCH3 is 2. The van der Waals surface area contributed by atoms with Gasteiger partial charge < -0.3 is 20.5 Å². The highest BCUT2D eigenvalue weighted by Gasteiger charge is 2.11. The number of aromatic nitrogens is 3. The lowest BCUT2D eigenvalue weighted by molar-refractivity contribution is 0.355. The Morgan fingerprint density at radius 2 is 1.92 bits per heavy atom. The standard InChI is InChI=1S/C17H16N6O2/c1-24-14-7-6-12(9-15(14)25-2)20-17-21-16(19)23(22-17)13-5-3-4-11(8-13)10-18/h3-9H,1-2H3,(H3,19,20,21,22). The molecule has 8 heteroatoms. The zero-order chi connectivity index (χ0) is 17.8. The van der Waals surface area contributed by atoms with Crippen molar-refractivity contribution >= 4 is 17.6 Å². The molecule has 25 heavy (non-hydrogen) atoms. The van der Waals surface area contributed by atoms with Gasteiger partial charge in [0.05, 0.1) is 31.5 Å². The summed E-state index contributed by atoms with van der Waals surface area (Å²) >= 11 is 0. The lowest BCUT2D eigenvalue weighted by Gasteiger charge is -2.09. The molecule has 126 valence electrons. The van der Waals surface area contributed by atoms with Crippen LogP contribution in [0.3, 0.4) is 0 Å². The summed E-state index contributed by atoms with van der Waals surface area (Å²) in [6.07, 6.45) is 0. The van der Waals surface area contributed by atoms with Gasteiger partial charge in [-0.25, -0.2) is 0 Å². The van der Waals surface area contributed by atoms with Crippen LogP contribution in [0.15, 0.2) is 42.5 Å². The molecule has 3 N–H and O–H groups in total. The summed E-state index contributed by atoms with van der Waals surface area (Å²) in [4.78, 5) is 4.20. The highest BCUT2D eigenvalue weighted by molar-refractivity contribution is 5.60. The van der Waals surface area contributed by atoms with Gasteiger partial charge in [0.2, 0.25) is 11.9 Å². The molecule has 0 aliphatic rings. The van der Waals surface area contributed by atoms with Crippen LogP contribution in [0, 0.1) is 11.3 Å². The first kappa shape index (κ1) is 16.1. The normalized spacial score (nSPS) is 10.1. The molecular formula is C17H16N6O2. The fourth-order valence-corrected chi connectivity index (χ4v) is 2.32. The number of hydrogen-bond acceptors (Lipinski definition) is 7. The number of nitriles is 1. The van der Waals surface area contributed by atoms with Crippen LogP contribution in [0.4, 0.5) is 17.6 Å². The van der Waals surface area contributed by atoms with E-state index in [1.54, 1.807) is 50.6 Å². The van der Waals surface area contributed by atoms with E-state index in [2.05, 4.69) is 21.5 Å². The van der Waals surface area contributed by atoms with Gasteiger partial charge in [0.1, 0.15) is 0 Å². The molecule has 0 aliphatic heterocycles. The average Bonchev–Trinajstić information content (AvgIpc) is 3.01. The molecule has 0 unspecified atom stereocenters. The SMILES string of the molecule is COc1ccc(Nc2nc(N)n(-c3cccc(C#N)c3)n2)cc1OC. The van der Waals surface area contributed by atoms with Gasteiger partial charge in [0.15, 0.2) is 11.5 Å². The van der Waals surface area contributed by atoms with Crippen molar-refractivity contribution in [2.45, 2.75) is 0 Å². The highest BCUT2D eigenvalue weighted by Crippen LogP contribution is 2.30. The molecular weight excluding hydrogens is 320 g/mol. The summed E-state index contributed by atoms with van der Waals surface area (Å²) in [5, 5.41) is 16.4. The van der Waals surface area contributed by atoms with E-state index in [-0.39, 0.29) is 5.95 Å². The minimum absolute atomic E-state index is 0.207. The van der Waals surface area contributed by atoms with Crippen LogP contribution in [-0.2, 0) is 0 Å².